The van der Waals surface area contributed by atoms with Crippen LogP contribution >= 0.6 is 22.6 Å². The minimum Gasteiger partial charge on any atom is -0.414 e. The fourth-order valence-corrected chi connectivity index (χ4v) is 3.67. The molecule has 1 aliphatic rings. The van der Waals surface area contributed by atoms with Crippen molar-refractivity contribution in [1.82, 2.24) is 9.55 Å². The molecule has 9 heteroatoms. The van der Waals surface area contributed by atoms with Crippen LogP contribution in [0, 0.1) is 3.57 Å². The monoisotopic (exact) mass is 468 g/mol. The molecule has 3 atom stereocenters. The Bertz CT molecular complexity index is 709. The van der Waals surface area contributed by atoms with E-state index in [9.17, 15) is 14.7 Å². The lowest BCUT2D eigenvalue weighted by Crippen LogP contribution is -2.43. The summed E-state index contributed by atoms with van der Waals surface area (Å²) >= 11 is 1.86. The Labute approximate surface area is 155 Å². The molecule has 0 amide bonds. The van der Waals surface area contributed by atoms with Crippen LogP contribution in [0.25, 0.3) is 0 Å². The summed E-state index contributed by atoms with van der Waals surface area (Å²) in [5.74, 6) is 0. The van der Waals surface area contributed by atoms with E-state index in [1.54, 1.807) is 0 Å². The lowest BCUT2D eigenvalue weighted by molar-refractivity contribution is -0.0433. The van der Waals surface area contributed by atoms with Crippen LogP contribution in [0.1, 0.15) is 33.4 Å². The molecule has 7 nitrogen and oxygen atoms in total. The second-order valence-corrected chi connectivity index (χ2v) is 13.6. The van der Waals surface area contributed by atoms with Gasteiger partial charge in [0, 0.05) is 12.6 Å². The van der Waals surface area contributed by atoms with E-state index in [-0.39, 0.29) is 11.5 Å². The molecule has 1 fully saturated rings. The van der Waals surface area contributed by atoms with E-state index in [1.807, 2.05) is 22.6 Å². The van der Waals surface area contributed by atoms with Crippen LogP contribution in [-0.4, -0.2) is 41.8 Å². The third kappa shape index (κ3) is 4.18. The number of H-pyrrole nitrogens is 1. The van der Waals surface area contributed by atoms with Gasteiger partial charge in [-0.25, -0.2) is 4.79 Å². The fourth-order valence-electron chi connectivity index (χ4n) is 2.22. The third-order valence-corrected chi connectivity index (χ3v) is 10.1. The van der Waals surface area contributed by atoms with Crippen molar-refractivity contribution in [3.8, 4) is 0 Å². The van der Waals surface area contributed by atoms with E-state index in [0.717, 1.165) is 0 Å². The number of hydrogen-bond acceptors (Lipinski definition) is 5. The Kier molecular flexibility index (Phi) is 5.80. The SMILES string of the molecule is CC(C)(C)[Si](C)(C)OC[C@@H]1O[C@H](n2cc(I)c(=O)[nH]c2=O)CC1O. The van der Waals surface area contributed by atoms with Gasteiger partial charge < -0.3 is 14.3 Å². The molecule has 0 radical (unpaired) electrons. The molecule has 0 aromatic carbocycles. The van der Waals surface area contributed by atoms with E-state index in [2.05, 4.69) is 38.8 Å². The highest BCUT2D eigenvalue weighted by molar-refractivity contribution is 14.1. The third-order valence-electron chi connectivity index (χ3n) is 4.85. The van der Waals surface area contributed by atoms with Crippen molar-refractivity contribution in [2.45, 2.75) is 63.8 Å². The van der Waals surface area contributed by atoms with E-state index in [4.69, 9.17) is 9.16 Å². The average Bonchev–Trinajstić information content (AvgIpc) is 2.80. The number of rotatable bonds is 4. The average molecular weight is 468 g/mol. The van der Waals surface area contributed by atoms with Gasteiger partial charge in [0.15, 0.2) is 8.32 Å². The molecule has 2 N–H and O–H groups in total. The van der Waals surface area contributed by atoms with E-state index in [0.29, 0.717) is 10.2 Å². The Morgan fingerprint density at radius 3 is 2.67 bits per heavy atom. The van der Waals surface area contributed by atoms with Gasteiger partial charge in [0.05, 0.1) is 16.3 Å². The molecule has 0 spiro atoms. The summed E-state index contributed by atoms with van der Waals surface area (Å²) in [7, 11) is -1.94. The lowest BCUT2D eigenvalue weighted by atomic mass is 10.2. The summed E-state index contributed by atoms with van der Waals surface area (Å²) in [5, 5.41) is 10.3. The standard InChI is InChI=1S/C15H25IN2O5Si/c1-15(2,3)24(4,5)22-8-11-10(19)6-12(23-11)18-7-9(16)13(20)17-14(18)21/h7,10-12,19H,6,8H2,1-5H3,(H,17,20,21)/t10?,11-,12-/m0/s1. The number of aliphatic hydroxyl groups excluding tert-OH is 1. The molecule has 0 saturated carbocycles. The lowest BCUT2D eigenvalue weighted by Gasteiger charge is -2.37. The van der Waals surface area contributed by atoms with Crippen molar-refractivity contribution >= 4 is 30.9 Å². The molecule has 136 valence electrons. The molecule has 0 aliphatic carbocycles. The number of nitrogens with one attached hydrogen (secondary N) is 1. The number of aliphatic hydroxyl groups is 1. The Hall–Kier alpha value is -0.493. The van der Waals surface area contributed by atoms with Gasteiger partial charge in [-0.15, -0.1) is 0 Å². The van der Waals surface area contributed by atoms with Crippen LogP contribution in [0.5, 0.6) is 0 Å². The van der Waals surface area contributed by atoms with E-state index >= 15 is 0 Å². The Morgan fingerprint density at radius 2 is 2.08 bits per heavy atom. The molecular formula is C15H25IN2O5Si. The first kappa shape index (κ1) is 19.8. The molecule has 2 rings (SSSR count). The van der Waals surface area contributed by atoms with Gasteiger partial charge in [0.2, 0.25) is 0 Å². The van der Waals surface area contributed by atoms with E-state index < -0.39 is 38.0 Å². The molecule has 1 aromatic rings. The van der Waals surface area contributed by atoms with Crippen molar-refractivity contribution in [2.75, 3.05) is 6.61 Å². The molecular weight excluding hydrogens is 443 g/mol. The van der Waals surface area contributed by atoms with Crippen molar-refractivity contribution in [3.05, 3.63) is 30.6 Å². The number of halogens is 1. The number of hydrogen-bond donors (Lipinski definition) is 2. The van der Waals surface area contributed by atoms with Gasteiger partial charge in [0.25, 0.3) is 5.56 Å². The summed E-state index contributed by atoms with van der Waals surface area (Å²) in [6, 6.07) is 0. The zero-order valence-corrected chi connectivity index (χ0v) is 17.8. The first-order valence-corrected chi connectivity index (χ1v) is 11.9. The fraction of sp³-hybridized carbons (Fsp3) is 0.733. The maximum Gasteiger partial charge on any atom is 0.330 e. The van der Waals surface area contributed by atoms with Crippen LogP contribution in [0.3, 0.4) is 0 Å². The van der Waals surface area contributed by atoms with Crippen LogP contribution in [0.2, 0.25) is 18.1 Å². The van der Waals surface area contributed by atoms with Gasteiger partial charge >= 0.3 is 5.69 Å². The predicted octanol–water partition coefficient (Wildman–Crippen LogP) is 1.81. The van der Waals surface area contributed by atoms with Crippen molar-refractivity contribution in [1.29, 1.82) is 0 Å². The summed E-state index contributed by atoms with van der Waals surface area (Å²) in [6.45, 7) is 11.0. The molecule has 1 aromatic heterocycles. The first-order chi connectivity index (χ1) is 10.9. The largest absolute Gasteiger partial charge is 0.414 e. The molecule has 1 unspecified atom stereocenters. The van der Waals surface area contributed by atoms with Crippen LogP contribution in [0.4, 0.5) is 0 Å². The van der Waals surface area contributed by atoms with Gasteiger partial charge in [-0.05, 0) is 40.7 Å². The maximum absolute atomic E-state index is 12.0. The second kappa shape index (κ2) is 7.02. The first-order valence-electron chi connectivity index (χ1n) is 7.91. The van der Waals surface area contributed by atoms with Gasteiger partial charge in [0.1, 0.15) is 12.3 Å². The summed E-state index contributed by atoms with van der Waals surface area (Å²) in [4.78, 5) is 25.7. The van der Waals surface area contributed by atoms with Crippen LogP contribution in [0.15, 0.2) is 15.8 Å². The van der Waals surface area contributed by atoms with Crippen LogP contribution < -0.4 is 11.2 Å². The van der Waals surface area contributed by atoms with Crippen LogP contribution in [-0.2, 0) is 9.16 Å². The predicted molar refractivity (Wildman–Crippen MR) is 102 cm³/mol. The maximum atomic E-state index is 12.0. The number of nitrogens with zero attached hydrogens (tertiary/aromatic N) is 1. The zero-order valence-electron chi connectivity index (χ0n) is 14.6. The minimum atomic E-state index is -1.94. The van der Waals surface area contributed by atoms with Crippen molar-refractivity contribution < 1.29 is 14.3 Å². The van der Waals surface area contributed by atoms with Crippen molar-refractivity contribution in [2.24, 2.45) is 0 Å². The number of aromatic nitrogens is 2. The highest BCUT2D eigenvalue weighted by atomic mass is 127. The van der Waals surface area contributed by atoms with E-state index in [1.165, 1.54) is 10.8 Å². The Morgan fingerprint density at radius 1 is 1.46 bits per heavy atom. The van der Waals surface area contributed by atoms with Gasteiger partial charge in [-0.3, -0.25) is 14.3 Å². The zero-order chi connectivity index (χ0) is 18.3. The summed E-state index contributed by atoms with van der Waals surface area (Å²) in [5.41, 5.74) is -0.961. The normalized spacial score (nSPS) is 25.2. The number of ether oxygens (including phenoxy) is 1. The molecule has 1 aliphatic heterocycles. The molecule has 1 saturated heterocycles. The van der Waals surface area contributed by atoms with Gasteiger partial charge in [-0.1, -0.05) is 20.8 Å². The minimum absolute atomic E-state index is 0.0714. The number of aromatic amines is 1. The topological polar surface area (TPSA) is 93.5 Å². The highest BCUT2D eigenvalue weighted by Gasteiger charge is 2.41. The quantitative estimate of drug-likeness (QED) is 0.520. The summed E-state index contributed by atoms with van der Waals surface area (Å²) < 4.78 is 13.7. The Balaban J connectivity index is 2.09. The van der Waals surface area contributed by atoms with Crippen molar-refractivity contribution in [3.63, 3.8) is 0 Å². The molecule has 24 heavy (non-hydrogen) atoms. The molecule has 2 heterocycles. The second-order valence-electron chi connectivity index (χ2n) is 7.65. The summed E-state index contributed by atoms with van der Waals surface area (Å²) in [6.07, 6.45) is -0.0632. The smallest absolute Gasteiger partial charge is 0.330 e. The molecule has 0 bridgehead atoms. The van der Waals surface area contributed by atoms with Gasteiger partial charge in [-0.2, -0.15) is 0 Å². The highest BCUT2D eigenvalue weighted by Crippen LogP contribution is 2.37.